The Morgan fingerprint density at radius 3 is 2.38 bits per heavy atom. The van der Waals surface area contributed by atoms with E-state index in [2.05, 4.69) is 4.74 Å². The lowest BCUT2D eigenvalue weighted by Crippen LogP contribution is -2.42. The smallest absolute Gasteiger partial charge is 0.407 e. The molecule has 1 amide bonds. The second kappa shape index (κ2) is 7.49. The van der Waals surface area contributed by atoms with Gasteiger partial charge in [0.05, 0.1) is 13.0 Å². The number of rotatable bonds is 7. The summed E-state index contributed by atoms with van der Waals surface area (Å²) in [6.45, 7) is 2.09. The summed E-state index contributed by atoms with van der Waals surface area (Å²) in [6, 6.07) is -1.47. The Labute approximate surface area is 92.4 Å². The number of unbranched alkanes of at least 4 members (excludes halogenated alkanes) is 1. The van der Waals surface area contributed by atoms with Crippen molar-refractivity contribution in [1.82, 2.24) is 5.32 Å². The van der Waals surface area contributed by atoms with E-state index >= 15 is 0 Å². The van der Waals surface area contributed by atoms with Crippen LogP contribution in [0.3, 0.4) is 0 Å². The van der Waals surface area contributed by atoms with E-state index < -0.39 is 30.5 Å². The Hall–Kier alpha value is -1.79. The maximum absolute atomic E-state index is 11.0. The van der Waals surface area contributed by atoms with Gasteiger partial charge in [0.15, 0.2) is 0 Å². The molecule has 16 heavy (non-hydrogen) atoms. The molecule has 0 spiro atoms. The molecule has 0 aliphatic rings. The molecule has 0 aromatic rings. The number of aliphatic carboxylic acids is 2. The Morgan fingerprint density at radius 1 is 1.31 bits per heavy atom. The van der Waals surface area contributed by atoms with Gasteiger partial charge in [0, 0.05) is 0 Å². The number of carboxylic acids is 2. The second-order valence-electron chi connectivity index (χ2n) is 3.12. The molecular formula is C9H15NO6. The lowest BCUT2D eigenvalue weighted by atomic mass is 10.2. The van der Waals surface area contributed by atoms with Gasteiger partial charge < -0.3 is 20.3 Å². The van der Waals surface area contributed by atoms with Crippen molar-refractivity contribution >= 4 is 18.0 Å². The largest absolute Gasteiger partial charge is 0.481 e. The SMILES string of the molecule is CCCCOC(=O)NC(CC(=O)O)C(=O)O. The van der Waals surface area contributed by atoms with Gasteiger partial charge in [-0.25, -0.2) is 9.59 Å². The van der Waals surface area contributed by atoms with Crippen LogP contribution >= 0.6 is 0 Å². The molecule has 1 unspecified atom stereocenters. The van der Waals surface area contributed by atoms with Gasteiger partial charge in [0.2, 0.25) is 0 Å². The maximum atomic E-state index is 11.0. The van der Waals surface area contributed by atoms with Crippen LogP contribution in [0.4, 0.5) is 4.79 Å². The number of carbonyl (C=O) groups excluding carboxylic acids is 1. The van der Waals surface area contributed by atoms with E-state index in [4.69, 9.17) is 10.2 Å². The Morgan fingerprint density at radius 2 is 1.94 bits per heavy atom. The van der Waals surface area contributed by atoms with Crippen LogP contribution in [-0.2, 0) is 14.3 Å². The number of amides is 1. The highest BCUT2D eigenvalue weighted by molar-refractivity contribution is 5.84. The van der Waals surface area contributed by atoms with Crippen LogP contribution in [-0.4, -0.2) is 40.9 Å². The van der Waals surface area contributed by atoms with Gasteiger partial charge in [0.1, 0.15) is 6.04 Å². The molecule has 0 bridgehead atoms. The molecule has 92 valence electrons. The highest BCUT2D eigenvalue weighted by atomic mass is 16.5. The number of hydrogen-bond acceptors (Lipinski definition) is 4. The van der Waals surface area contributed by atoms with Gasteiger partial charge in [-0.3, -0.25) is 4.79 Å². The van der Waals surface area contributed by atoms with Crippen molar-refractivity contribution < 1.29 is 29.3 Å². The van der Waals surface area contributed by atoms with E-state index in [0.717, 1.165) is 6.42 Å². The van der Waals surface area contributed by atoms with E-state index in [9.17, 15) is 14.4 Å². The van der Waals surface area contributed by atoms with E-state index in [-0.39, 0.29) is 6.61 Å². The summed E-state index contributed by atoms with van der Waals surface area (Å²) >= 11 is 0. The van der Waals surface area contributed by atoms with Gasteiger partial charge in [-0.2, -0.15) is 0 Å². The molecule has 0 rings (SSSR count). The van der Waals surface area contributed by atoms with Crippen LogP contribution in [0.1, 0.15) is 26.2 Å². The molecule has 0 fully saturated rings. The van der Waals surface area contributed by atoms with E-state index in [1.165, 1.54) is 0 Å². The van der Waals surface area contributed by atoms with Gasteiger partial charge in [-0.05, 0) is 6.42 Å². The monoisotopic (exact) mass is 233 g/mol. The summed E-state index contributed by atoms with van der Waals surface area (Å²) in [6.07, 6.45) is -0.0883. The second-order valence-corrected chi connectivity index (χ2v) is 3.12. The first-order chi connectivity index (χ1) is 7.47. The molecule has 0 aromatic carbocycles. The molecule has 0 aliphatic carbocycles. The van der Waals surface area contributed by atoms with Crippen molar-refractivity contribution in [2.45, 2.75) is 32.2 Å². The molecular weight excluding hydrogens is 218 g/mol. The number of carbonyl (C=O) groups is 3. The lowest BCUT2D eigenvalue weighted by molar-refractivity contribution is -0.145. The summed E-state index contributed by atoms with van der Waals surface area (Å²) in [4.78, 5) is 31.9. The van der Waals surface area contributed by atoms with Gasteiger partial charge in [-0.15, -0.1) is 0 Å². The summed E-state index contributed by atoms with van der Waals surface area (Å²) in [7, 11) is 0. The highest BCUT2D eigenvalue weighted by Gasteiger charge is 2.23. The van der Waals surface area contributed by atoms with Crippen LogP contribution in [0.5, 0.6) is 0 Å². The molecule has 7 nitrogen and oxygen atoms in total. The predicted octanol–water partition coefficient (Wildman–Crippen LogP) is 0.441. The zero-order chi connectivity index (χ0) is 12.6. The topological polar surface area (TPSA) is 113 Å². The molecule has 0 radical (unpaired) electrons. The maximum Gasteiger partial charge on any atom is 0.407 e. The number of alkyl carbamates (subject to hydrolysis) is 1. The first kappa shape index (κ1) is 14.2. The summed E-state index contributed by atoms with van der Waals surface area (Å²) in [5.74, 6) is -2.71. The molecule has 0 saturated carbocycles. The Kier molecular flexibility index (Phi) is 6.66. The minimum absolute atomic E-state index is 0.182. The molecule has 0 aromatic heterocycles. The Bertz CT molecular complexity index is 265. The van der Waals surface area contributed by atoms with Crippen molar-refractivity contribution in [3.8, 4) is 0 Å². The van der Waals surface area contributed by atoms with Crippen LogP contribution in [0, 0.1) is 0 Å². The fraction of sp³-hybridized carbons (Fsp3) is 0.667. The average Bonchev–Trinajstić information content (AvgIpc) is 2.16. The van der Waals surface area contributed by atoms with Gasteiger partial charge in [0.25, 0.3) is 0 Å². The summed E-state index contributed by atoms with van der Waals surface area (Å²) in [5, 5.41) is 19.0. The normalized spacial score (nSPS) is 11.6. The zero-order valence-corrected chi connectivity index (χ0v) is 8.93. The van der Waals surface area contributed by atoms with E-state index in [0.29, 0.717) is 6.42 Å². The highest BCUT2D eigenvalue weighted by Crippen LogP contribution is 1.95. The van der Waals surface area contributed by atoms with Crippen molar-refractivity contribution in [2.24, 2.45) is 0 Å². The molecule has 0 aliphatic heterocycles. The zero-order valence-electron chi connectivity index (χ0n) is 8.93. The van der Waals surface area contributed by atoms with E-state index in [1.54, 1.807) is 0 Å². The minimum Gasteiger partial charge on any atom is -0.481 e. The quantitative estimate of drug-likeness (QED) is 0.550. The van der Waals surface area contributed by atoms with Crippen LogP contribution in [0.15, 0.2) is 0 Å². The number of ether oxygens (including phenoxy) is 1. The number of nitrogens with one attached hydrogen (secondary N) is 1. The third-order valence-electron chi connectivity index (χ3n) is 1.70. The fourth-order valence-electron chi connectivity index (χ4n) is 0.868. The summed E-state index contributed by atoms with van der Waals surface area (Å²) in [5.41, 5.74) is 0. The van der Waals surface area contributed by atoms with Crippen LogP contribution < -0.4 is 5.32 Å². The van der Waals surface area contributed by atoms with E-state index in [1.807, 2.05) is 12.2 Å². The number of carboxylic acid groups (broad SMARTS) is 2. The predicted molar refractivity (Wildman–Crippen MR) is 53.1 cm³/mol. The van der Waals surface area contributed by atoms with Crippen LogP contribution in [0.25, 0.3) is 0 Å². The molecule has 7 heteroatoms. The first-order valence-electron chi connectivity index (χ1n) is 4.85. The van der Waals surface area contributed by atoms with Crippen molar-refractivity contribution in [3.63, 3.8) is 0 Å². The van der Waals surface area contributed by atoms with Crippen molar-refractivity contribution in [3.05, 3.63) is 0 Å². The molecule has 1 atom stereocenters. The van der Waals surface area contributed by atoms with Gasteiger partial charge >= 0.3 is 18.0 Å². The lowest BCUT2D eigenvalue weighted by Gasteiger charge is -2.12. The number of hydrogen-bond donors (Lipinski definition) is 3. The minimum atomic E-state index is -1.47. The molecule has 3 N–H and O–H groups in total. The first-order valence-corrected chi connectivity index (χ1v) is 4.85. The Balaban J connectivity index is 4.03. The third kappa shape index (κ3) is 6.63. The van der Waals surface area contributed by atoms with Crippen molar-refractivity contribution in [1.29, 1.82) is 0 Å². The molecule has 0 heterocycles. The van der Waals surface area contributed by atoms with Crippen molar-refractivity contribution in [2.75, 3.05) is 6.61 Å². The third-order valence-corrected chi connectivity index (χ3v) is 1.70. The molecule has 0 saturated heterocycles. The summed E-state index contributed by atoms with van der Waals surface area (Å²) < 4.78 is 4.64. The average molecular weight is 233 g/mol. The van der Waals surface area contributed by atoms with Gasteiger partial charge in [-0.1, -0.05) is 13.3 Å². The fourth-order valence-corrected chi connectivity index (χ4v) is 0.868. The standard InChI is InChI=1S/C9H15NO6/c1-2-3-4-16-9(15)10-6(8(13)14)5-7(11)12/h6H,2-5H2,1H3,(H,10,15)(H,11,12)(H,13,14). The van der Waals surface area contributed by atoms with Crippen LogP contribution in [0.2, 0.25) is 0 Å².